The van der Waals surface area contributed by atoms with Crippen molar-refractivity contribution in [2.24, 2.45) is 0 Å². The molecule has 0 aliphatic rings. The molecule has 0 saturated heterocycles. The first-order chi connectivity index (χ1) is 15.8. The van der Waals surface area contributed by atoms with Gasteiger partial charge >= 0.3 is 71.1 Å². The molecule has 0 amide bonds. The van der Waals surface area contributed by atoms with Crippen molar-refractivity contribution in [3.63, 3.8) is 0 Å². The van der Waals surface area contributed by atoms with Gasteiger partial charge in [-0.3, -0.25) is 4.79 Å². The Balaban J connectivity index is -0.000000183. The summed E-state index contributed by atoms with van der Waals surface area (Å²) in [6.07, 6.45) is 9.98. The van der Waals surface area contributed by atoms with Crippen LogP contribution in [0.1, 0.15) is 91.6 Å². The van der Waals surface area contributed by atoms with E-state index in [4.69, 9.17) is 9.47 Å². The van der Waals surface area contributed by atoms with Gasteiger partial charge in [0.25, 0.3) is 0 Å². The largest absolute Gasteiger partial charge is 1.00 e. The van der Waals surface area contributed by atoms with Crippen LogP contribution in [0.25, 0.3) is 0 Å². The van der Waals surface area contributed by atoms with Crippen molar-refractivity contribution >= 4 is 33.3 Å². The molecule has 36 heavy (non-hydrogen) atoms. The molecule has 0 N–H and O–H groups in total. The van der Waals surface area contributed by atoms with Crippen LogP contribution in [0.15, 0.2) is 0 Å². The van der Waals surface area contributed by atoms with Crippen LogP contribution in [-0.4, -0.2) is 31.3 Å². The molecule has 0 saturated carbocycles. The van der Waals surface area contributed by atoms with Crippen LogP contribution in [0.4, 0.5) is 0 Å². The maximum Gasteiger partial charge on any atom is 1.00 e. The molecule has 1 atom stereocenters. The molecule has 0 aromatic carbocycles. The van der Waals surface area contributed by atoms with Crippen molar-refractivity contribution in [2.45, 2.75) is 90.6 Å². The minimum absolute atomic E-state index is 0. The van der Waals surface area contributed by atoms with Crippen LogP contribution in [0.5, 0.6) is 0 Å². The van der Waals surface area contributed by atoms with Gasteiger partial charge in [-0.1, -0.05) is 70.6 Å². The van der Waals surface area contributed by atoms with E-state index in [2.05, 4.69) is 47.0 Å². The van der Waals surface area contributed by atoms with Crippen LogP contribution in [0.3, 0.4) is 0 Å². The van der Waals surface area contributed by atoms with Crippen molar-refractivity contribution < 1.29 is 104 Å². The summed E-state index contributed by atoms with van der Waals surface area (Å²) in [4.78, 5) is 45.0. The summed E-state index contributed by atoms with van der Waals surface area (Å²) in [5.74, 6) is 12.4. The third-order valence-electron chi connectivity index (χ3n) is 4.33. The molecule has 8 nitrogen and oxygen atoms in total. The van der Waals surface area contributed by atoms with Gasteiger partial charge in [-0.15, -0.1) is 0 Å². The number of carbonyl (C=O) groups is 2. The van der Waals surface area contributed by atoms with Gasteiger partial charge in [0.2, 0.25) is 0 Å². The second kappa shape index (κ2) is 29.6. The van der Waals surface area contributed by atoms with Crippen molar-refractivity contribution in [3.8, 4) is 35.5 Å². The number of unbranched alkanes of at least 4 members (excludes halogenated alkanes) is 9. The standard InChI is InChI=1S/C24H35O8P.2Na.H2S.5H2/c1-3-5-7-9-10-11-12-13-15-17-19-24(26)32-22(21-31-33(27,28)29)20-30-23(25)18-16-14-8-6-4-2;;;;;;;;/h22H,3,5,7,9-13,15,17,19-21H2,1-2H3,(H2,27,28,29);;;1H2;5*1H/q;2*+1;;;;;;/p-2/t22-;;;;;;;;/m0......../s1. The number of esters is 2. The van der Waals surface area contributed by atoms with E-state index >= 15 is 0 Å². The van der Waals surface area contributed by atoms with Crippen molar-refractivity contribution in [3.05, 3.63) is 0 Å². The molecule has 0 aliphatic heterocycles. The molecule has 0 spiro atoms. The number of ether oxygens (including phenoxy) is 2. The Kier molecular flexibility index (Phi) is 35.5. The molecule has 0 fully saturated rings. The predicted molar refractivity (Wildman–Crippen MR) is 141 cm³/mol. The Morgan fingerprint density at radius 1 is 0.861 bits per heavy atom. The number of hydrogen-bond acceptors (Lipinski definition) is 8. The smallest absolute Gasteiger partial charge is 0.790 e. The van der Waals surface area contributed by atoms with Gasteiger partial charge in [-0.2, -0.15) is 13.5 Å². The molecule has 0 aromatic rings. The average Bonchev–Trinajstić information content (AvgIpc) is 2.76. The zero-order chi connectivity index (χ0) is 24.8. The fourth-order valence-electron chi connectivity index (χ4n) is 2.70. The summed E-state index contributed by atoms with van der Waals surface area (Å²) < 4.78 is 24.8. The van der Waals surface area contributed by atoms with Crippen molar-refractivity contribution in [2.75, 3.05) is 13.2 Å². The van der Waals surface area contributed by atoms with E-state index in [9.17, 15) is 23.9 Å². The molecule has 0 heterocycles. The number of rotatable bonds is 17. The van der Waals surface area contributed by atoms with Gasteiger partial charge in [-0.25, -0.2) is 4.79 Å². The Hall–Kier alpha value is 0.0800. The van der Waals surface area contributed by atoms with Crippen molar-refractivity contribution in [1.82, 2.24) is 0 Å². The van der Waals surface area contributed by atoms with Crippen LogP contribution in [0, 0.1) is 35.5 Å². The molecule has 0 rings (SSSR count). The van der Waals surface area contributed by atoms with E-state index < -0.39 is 39.1 Å². The molecular weight excluding hydrogens is 525 g/mol. The zero-order valence-corrected chi connectivity index (χ0v) is 27.9. The van der Waals surface area contributed by atoms with E-state index in [0.29, 0.717) is 6.42 Å². The second-order valence-electron chi connectivity index (χ2n) is 7.26. The van der Waals surface area contributed by atoms with E-state index in [1.54, 1.807) is 6.92 Å². The van der Waals surface area contributed by atoms with Gasteiger partial charge in [0.1, 0.15) is 6.61 Å². The first-order valence-corrected chi connectivity index (χ1v) is 12.7. The summed E-state index contributed by atoms with van der Waals surface area (Å²) in [6, 6.07) is 0. The Morgan fingerprint density at radius 3 is 1.92 bits per heavy atom. The maximum absolute atomic E-state index is 12.0. The first-order valence-electron chi connectivity index (χ1n) is 11.2. The summed E-state index contributed by atoms with van der Waals surface area (Å²) in [5.41, 5.74) is 0. The van der Waals surface area contributed by atoms with Crippen LogP contribution >= 0.6 is 21.3 Å². The van der Waals surface area contributed by atoms with Crippen LogP contribution in [0.2, 0.25) is 0 Å². The summed E-state index contributed by atoms with van der Waals surface area (Å²) in [6.45, 7) is 2.52. The number of carbonyl (C=O) groups excluding carboxylic acids is 2. The predicted octanol–water partition coefficient (Wildman–Crippen LogP) is -2.02. The molecule has 202 valence electrons. The van der Waals surface area contributed by atoms with Gasteiger partial charge in [0.15, 0.2) is 6.10 Å². The topological polar surface area (TPSA) is 125 Å². The minimum Gasteiger partial charge on any atom is -0.790 e. The van der Waals surface area contributed by atoms with Crippen LogP contribution < -0.4 is 68.9 Å². The second-order valence-corrected chi connectivity index (χ2v) is 8.41. The average molecular weight is 571 g/mol. The third-order valence-corrected chi connectivity index (χ3v) is 4.79. The molecular formula is C24H45Na2O8PS. The summed E-state index contributed by atoms with van der Waals surface area (Å²) in [7, 11) is -5.28. The first kappa shape index (κ1) is 43.1. The molecule has 0 unspecified atom stereocenters. The molecule has 12 heteroatoms. The fourth-order valence-corrected chi connectivity index (χ4v) is 3.05. The fraction of sp³-hybridized carbons (Fsp3) is 0.667. The van der Waals surface area contributed by atoms with Gasteiger partial charge in [-0.05, 0) is 37.0 Å². The molecule has 0 aromatic heterocycles. The summed E-state index contributed by atoms with van der Waals surface area (Å²) in [5, 5.41) is 0. The Bertz CT molecular complexity index is 837. The van der Waals surface area contributed by atoms with E-state index in [0.717, 1.165) is 19.3 Å². The Labute approximate surface area is 274 Å². The third kappa shape index (κ3) is 32.1. The van der Waals surface area contributed by atoms with E-state index in [1.165, 1.54) is 38.5 Å². The van der Waals surface area contributed by atoms with E-state index in [-0.39, 0.29) is 86.2 Å². The van der Waals surface area contributed by atoms with Gasteiger partial charge < -0.3 is 28.3 Å². The number of phosphoric ester groups is 1. The molecule has 0 aliphatic carbocycles. The number of hydrogen-bond donors (Lipinski definition) is 0. The maximum atomic E-state index is 12.0. The van der Waals surface area contributed by atoms with Crippen molar-refractivity contribution in [1.29, 1.82) is 0 Å². The minimum atomic E-state index is -5.28. The monoisotopic (exact) mass is 570 g/mol. The zero-order valence-electron chi connectivity index (χ0n) is 22.0. The SMILES string of the molecule is CC#CC#CC#CC(=O)OC[C@@H](COP(=O)([O-])[O-])OC(=O)CCCCCCCCCCCC.S.[HH].[HH].[HH].[HH].[HH].[Na+].[Na+]. The van der Waals surface area contributed by atoms with Gasteiger partial charge in [0, 0.05) is 19.5 Å². The molecule has 0 bridgehead atoms. The van der Waals surface area contributed by atoms with Gasteiger partial charge in [0.05, 0.1) is 14.4 Å². The number of phosphoric acid groups is 1. The Morgan fingerprint density at radius 2 is 1.39 bits per heavy atom. The van der Waals surface area contributed by atoms with Crippen LogP contribution in [-0.2, 0) is 28.2 Å². The normalized spacial score (nSPS) is 10.1. The van der Waals surface area contributed by atoms with E-state index in [1.807, 2.05) is 0 Å². The quantitative estimate of drug-likeness (QED) is 0.0490. The summed E-state index contributed by atoms with van der Waals surface area (Å²) >= 11 is 0. The molecule has 0 radical (unpaired) electrons.